The van der Waals surface area contributed by atoms with Gasteiger partial charge in [-0.25, -0.2) is 12.8 Å². The van der Waals surface area contributed by atoms with Crippen LogP contribution in [0.25, 0.3) is 0 Å². The molecule has 5 nitrogen and oxygen atoms in total. The third kappa shape index (κ3) is 3.66. The molecule has 0 saturated heterocycles. The summed E-state index contributed by atoms with van der Waals surface area (Å²) in [4.78, 5) is 11.3. The Kier molecular flexibility index (Phi) is 4.77. The van der Waals surface area contributed by atoms with Gasteiger partial charge in [0.1, 0.15) is 10.7 Å². The summed E-state index contributed by atoms with van der Waals surface area (Å²) >= 11 is 5.78. The van der Waals surface area contributed by atoms with E-state index in [2.05, 4.69) is 5.32 Å². The summed E-state index contributed by atoms with van der Waals surface area (Å²) in [7, 11) is 2.40. The fraction of sp³-hybridized carbons (Fsp3) is 0.417. The molecule has 0 heterocycles. The highest BCUT2D eigenvalue weighted by atomic mass is 35.7. The molecule has 1 N–H and O–H groups in total. The molecule has 1 aliphatic rings. The molecule has 1 amide bonds. The monoisotopic (exact) mass is 355 g/mol. The van der Waals surface area contributed by atoms with E-state index in [0.29, 0.717) is 12.8 Å². The highest BCUT2D eigenvalue weighted by Gasteiger charge is 2.31. The lowest BCUT2D eigenvalue weighted by Crippen LogP contribution is -2.47. The summed E-state index contributed by atoms with van der Waals surface area (Å²) in [6.07, 6.45) is 1.40. The maximum absolute atomic E-state index is 13.5. The number of halogens is 3. The number of rotatable bonds is 4. The second-order valence-electron chi connectivity index (χ2n) is 4.70. The maximum atomic E-state index is 13.5. The molecule has 1 fully saturated rings. The van der Waals surface area contributed by atoms with Gasteiger partial charge in [0.2, 0.25) is 0 Å². The Morgan fingerprint density at radius 3 is 2.57 bits per heavy atom. The van der Waals surface area contributed by atoms with Gasteiger partial charge < -0.3 is 10.1 Å². The summed E-state index contributed by atoms with van der Waals surface area (Å²) in [5.41, 5.74) is -0.141. The molecule has 0 atom stereocenters. The van der Waals surface area contributed by atoms with Crippen molar-refractivity contribution in [3.63, 3.8) is 0 Å². The van der Waals surface area contributed by atoms with E-state index in [1.165, 1.54) is 0 Å². The Morgan fingerprint density at radius 1 is 1.43 bits per heavy atom. The topological polar surface area (TPSA) is 72.5 Å². The van der Waals surface area contributed by atoms with Crippen LogP contribution >= 0.6 is 22.3 Å². The molecule has 1 saturated carbocycles. The van der Waals surface area contributed by atoms with Gasteiger partial charge in [-0.15, -0.1) is 0 Å². The van der Waals surface area contributed by atoms with Crippen molar-refractivity contribution in [2.24, 2.45) is 0 Å². The Bertz CT molecular complexity index is 674. The van der Waals surface area contributed by atoms with Crippen LogP contribution < -0.4 is 5.32 Å². The molecule has 116 valence electrons. The average molecular weight is 356 g/mol. The number of hydrogen-bond acceptors (Lipinski definition) is 4. The van der Waals surface area contributed by atoms with Crippen LogP contribution in [0, 0.1) is 5.82 Å². The van der Waals surface area contributed by atoms with Crippen molar-refractivity contribution < 1.29 is 22.3 Å². The predicted octanol–water partition coefficient (Wildman–Crippen LogP) is 2.31. The first-order chi connectivity index (χ1) is 9.72. The van der Waals surface area contributed by atoms with Crippen LogP contribution in [0.5, 0.6) is 0 Å². The molecule has 0 aromatic heterocycles. The zero-order valence-corrected chi connectivity index (χ0v) is 13.2. The zero-order valence-electron chi connectivity index (χ0n) is 10.9. The smallest absolute Gasteiger partial charge is 0.264 e. The molecule has 1 aromatic rings. The fourth-order valence-corrected chi connectivity index (χ4v) is 3.17. The van der Waals surface area contributed by atoms with Gasteiger partial charge in [-0.1, -0.05) is 11.6 Å². The van der Waals surface area contributed by atoms with Crippen molar-refractivity contribution >= 4 is 37.2 Å². The van der Waals surface area contributed by atoms with E-state index in [0.717, 1.165) is 12.1 Å². The van der Waals surface area contributed by atoms with Gasteiger partial charge in [0.25, 0.3) is 15.0 Å². The molecule has 21 heavy (non-hydrogen) atoms. The molecule has 2 rings (SSSR count). The molecule has 1 aliphatic carbocycles. The minimum Gasteiger partial charge on any atom is -0.381 e. The summed E-state index contributed by atoms with van der Waals surface area (Å²) in [6.45, 7) is 0. The van der Waals surface area contributed by atoms with E-state index < -0.39 is 25.7 Å². The third-order valence-electron chi connectivity index (χ3n) is 3.29. The fourth-order valence-electron chi connectivity index (χ4n) is 2.03. The second-order valence-corrected chi connectivity index (χ2v) is 7.64. The van der Waals surface area contributed by atoms with Crippen molar-refractivity contribution in [1.29, 1.82) is 0 Å². The van der Waals surface area contributed by atoms with Gasteiger partial charge in [0.15, 0.2) is 0 Å². The number of benzene rings is 1. The Balaban J connectivity index is 2.21. The Labute approximate surface area is 130 Å². The molecule has 0 spiro atoms. The summed E-state index contributed by atoms with van der Waals surface area (Å²) < 4.78 is 41.1. The Morgan fingerprint density at radius 2 is 2.05 bits per heavy atom. The lowest BCUT2D eigenvalue weighted by Gasteiger charge is -2.34. The molecule has 0 unspecified atom stereocenters. The van der Waals surface area contributed by atoms with Crippen LogP contribution in [0.1, 0.15) is 23.2 Å². The van der Waals surface area contributed by atoms with Gasteiger partial charge in [0.05, 0.1) is 16.7 Å². The van der Waals surface area contributed by atoms with Gasteiger partial charge in [-0.05, 0) is 25.0 Å². The minimum absolute atomic E-state index is 0.0837. The summed E-state index contributed by atoms with van der Waals surface area (Å²) in [5.74, 6) is -1.68. The molecule has 0 aliphatic heterocycles. The largest absolute Gasteiger partial charge is 0.381 e. The van der Waals surface area contributed by atoms with E-state index in [1.807, 2.05) is 0 Å². The van der Waals surface area contributed by atoms with Crippen molar-refractivity contribution in [2.75, 3.05) is 7.11 Å². The van der Waals surface area contributed by atoms with Gasteiger partial charge >= 0.3 is 0 Å². The van der Waals surface area contributed by atoms with Crippen LogP contribution in [0.15, 0.2) is 17.0 Å². The van der Waals surface area contributed by atoms with Crippen LogP contribution in [0.3, 0.4) is 0 Å². The standard InChI is InChI=1S/C12H12Cl2FNO4S/c1-20-7-2-6(3-7)16-12(17)8-4-11(21(14,18)19)10(15)5-9(8)13/h4-7H,2-3H2,1H3,(H,16,17). The normalized spacial score (nSPS) is 21.7. The van der Waals surface area contributed by atoms with Crippen LogP contribution in [-0.2, 0) is 13.8 Å². The van der Waals surface area contributed by atoms with Crippen molar-refractivity contribution in [3.05, 3.63) is 28.5 Å². The highest BCUT2D eigenvalue weighted by molar-refractivity contribution is 8.13. The maximum Gasteiger partial charge on any atom is 0.264 e. The number of ether oxygens (including phenoxy) is 1. The first-order valence-corrected chi connectivity index (χ1v) is 8.68. The number of methoxy groups -OCH3 is 1. The first kappa shape index (κ1) is 16.5. The molecule has 9 heteroatoms. The van der Waals surface area contributed by atoms with E-state index >= 15 is 0 Å². The van der Waals surface area contributed by atoms with Gasteiger partial charge in [-0.2, -0.15) is 0 Å². The second kappa shape index (κ2) is 6.08. The number of nitrogens with one attached hydrogen (secondary N) is 1. The van der Waals surface area contributed by atoms with Crippen molar-refractivity contribution in [3.8, 4) is 0 Å². The van der Waals surface area contributed by atoms with E-state index in [9.17, 15) is 17.6 Å². The van der Waals surface area contributed by atoms with Crippen LogP contribution in [0.2, 0.25) is 5.02 Å². The zero-order chi connectivity index (χ0) is 15.8. The number of carbonyl (C=O) groups is 1. The van der Waals surface area contributed by atoms with Crippen molar-refractivity contribution in [1.82, 2.24) is 5.32 Å². The van der Waals surface area contributed by atoms with Crippen LogP contribution in [0.4, 0.5) is 4.39 Å². The summed E-state index contributed by atoms with van der Waals surface area (Å²) in [5, 5.41) is 2.49. The lowest BCUT2D eigenvalue weighted by atomic mass is 9.89. The minimum atomic E-state index is -4.30. The van der Waals surface area contributed by atoms with E-state index in [4.69, 9.17) is 27.0 Å². The molecule has 1 aromatic carbocycles. The number of hydrogen-bond donors (Lipinski definition) is 1. The quantitative estimate of drug-likeness (QED) is 0.841. The SMILES string of the molecule is COC1CC(NC(=O)c2cc(S(=O)(=O)Cl)c(F)cc2Cl)C1. The molecular weight excluding hydrogens is 344 g/mol. The summed E-state index contributed by atoms with van der Waals surface area (Å²) in [6, 6.07) is 1.51. The van der Waals surface area contributed by atoms with E-state index in [1.54, 1.807) is 7.11 Å². The number of amides is 1. The molecule has 0 radical (unpaired) electrons. The van der Waals surface area contributed by atoms with Crippen molar-refractivity contribution in [2.45, 2.75) is 29.9 Å². The highest BCUT2D eigenvalue weighted by Crippen LogP contribution is 2.28. The van der Waals surface area contributed by atoms with Crippen LogP contribution in [-0.4, -0.2) is 33.6 Å². The predicted molar refractivity (Wildman–Crippen MR) is 75.7 cm³/mol. The first-order valence-electron chi connectivity index (χ1n) is 5.99. The van der Waals surface area contributed by atoms with Gasteiger partial charge in [-0.3, -0.25) is 4.79 Å². The molecular formula is C12H12Cl2FNO4S. The van der Waals surface area contributed by atoms with Gasteiger partial charge in [0, 0.05) is 23.8 Å². The lowest BCUT2D eigenvalue weighted by molar-refractivity contribution is 0.0176. The average Bonchev–Trinajstić information content (AvgIpc) is 2.31. The van der Waals surface area contributed by atoms with E-state index in [-0.39, 0.29) is 22.7 Å². The Hall–Kier alpha value is -0.890. The molecule has 0 bridgehead atoms. The third-order valence-corrected chi connectivity index (χ3v) is 4.94. The number of carbonyl (C=O) groups excluding carboxylic acids is 1.